The molecule has 0 aliphatic rings. The summed E-state index contributed by atoms with van der Waals surface area (Å²) in [7, 11) is 0. The third-order valence-corrected chi connectivity index (χ3v) is 2.59. The average molecular weight is 284 g/mol. The minimum absolute atomic E-state index is 0.0929. The van der Waals surface area contributed by atoms with E-state index in [-0.39, 0.29) is 16.4 Å². The highest BCUT2D eigenvalue weighted by Gasteiger charge is 2.16. The first-order chi connectivity index (χ1) is 8.99. The second-order valence-corrected chi connectivity index (χ2v) is 4.14. The summed E-state index contributed by atoms with van der Waals surface area (Å²) in [5, 5.41) is 9.22. The quantitative estimate of drug-likeness (QED) is 0.922. The van der Waals surface area contributed by atoms with E-state index in [1.54, 1.807) is 0 Å². The summed E-state index contributed by atoms with van der Waals surface area (Å²) >= 11 is 5.52. The smallest absolute Gasteiger partial charge is 0.276 e. The Morgan fingerprint density at radius 2 is 1.95 bits per heavy atom. The van der Waals surface area contributed by atoms with E-state index in [4.69, 9.17) is 11.6 Å². The van der Waals surface area contributed by atoms with E-state index in [9.17, 15) is 13.6 Å². The summed E-state index contributed by atoms with van der Waals surface area (Å²) < 4.78 is 27.1. The number of benzene rings is 1. The Labute approximate surface area is 112 Å². The molecule has 4 nitrogen and oxygen atoms in total. The van der Waals surface area contributed by atoms with Crippen LogP contribution in [-0.4, -0.2) is 16.1 Å². The zero-order valence-corrected chi connectivity index (χ0v) is 10.5. The van der Waals surface area contributed by atoms with E-state index in [2.05, 4.69) is 15.5 Å². The van der Waals surface area contributed by atoms with Crippen molar-refractivity contribution >= 4 is 23.2 Å². The second-order valence-electron chi connectivity index (χ2n) is 3.75. The zero-order valence-electron chi connectivity index (χ0n) is 9.75. The lowest BCUT2D eigenvalue weighted by Gasteiger charge is -2.08. The fraction of sp³-hybridized carbons (Fsp3) is 0.0833. The van der Waals surface area contributed by atoms with E-state index in [0.717, 1.165) is 6.07 Å². The highest BCUT2D eigenvalue weighted by molar-refractivity contribution is 6.29. The summed E-state index contributed by atoms with van der Waals surface area (Å²) in [5.41, 5.74) is -0.384. The van der Waals surface area contributed by atoms with Gasteiger partial charge < -0.3 is 5.32 Å². The van der Waals surface area contributed by atoms with Crippen molar-refractivity contribution in [1.29, 1.82) is 0 Å². The first-order valence-electron chi connectivity index (χ1n) is 5.24. The van der Waals surface area contributed by atoms with Crippen LogP contribution in [0.4, 0.5) is 14.5 Å². The zero-order chi connectivity index (χ0) is 14.0. The third kappa shape index (κ3) is 2.85. The van der Waals surface area contributed by atoms with Crippen molar-refractivity contribution in [2.24, 2.45) is 0 Å². The van der Waals surface area contributed by atoms with Gasteiger partial charge in [-0.25, -0.2) is 8.78 Å². The SMILES string of the molecule is Cc1ccc(F)c(NC(=O)c2ccc(Cl)nn2)c1F. The van der Waals surface area contributed by atoms with E-state index in [1.165, 1.54) is 25.1 Å². The molecule has 0 saturated heterocycles. The fourth-order valence-electron chi connectivity index (χ4n) is 1.39. The molecule has 0 aliphatic heterocycles. The molecule has 7 heteroatoms. The first kappa shape index (κ1) is 13.4. The molecule has 0 aliphatic carbocycles. The molecule has 1 N–H and O–H groups in total. The standard InChI is InChI=1S/C12H8ClF2N3O/c1-6-2-3-7(14)11(10(6)15)16-12(19)8-4-5-9(13)18-17-8/h2-5H,1H3,(H,16,19). The molecule has 0 fully saturated rings. The summed E-state index contributed by atoms with van der Waals surface area (Å²) in [4.78, 5) is 11.8. The van der Waals surface area contributed by atoms with Crippen molar-refractivity contribution in [3.8, 4) is 0 Å². The molecule has 2 aromatic rings. The van der Waals surface area contributed by atoms with Crippen molar-refractivity contribution in [2.75, 3.05) is 5.32 Å². The molecule has 1 aromatic heterocycles. The summed E-state index contributed by atoms with van der Waals surface area (Å²) in [6, 6.07) is 5.01. The number of nitrogens with one attached hydrogen (secondary N) is 1. The molecule has 0 spiro atoms. The lowest BCUT2D eigenvalue weighted by Crippen LogP contribution is -2.16. The van der Waals surface area contributed by atoms with Crippen molar-refractivity contribution in [3.05, 3.63) is 52.3 Å². The van der Waals surface area contributed by atoms with Crippen LogP contribution in [0, 0.1) is 18.6 Å². The van der Waals surface area contributed by atoms with Crippen LogP contribution in [0.15, 0.2) is 24.3 Å². The maximum absolute atomic E-state index is 13.7. The molecule has 0 radical (unpaired) electrons. The van der Waals surface area contributed by atoms with Crippen LogP contribution in [0.1, 0.15) is 16.1 Å². The molecular weight excluding hydrogens is 276 g/mol. The second kappa shape index (κ2) is 5.27. The van der Waals surface area contributed by atoms with E-state index in [1.807, 2.05) is 0 Å². The molecule has 0 saturated carbocycles. The first-order valence-corrected chi connectivity index (χ1v) is 5.62. The van der Waals surface area contributed by atoms with Crippen molar-refractivity contribution < 1.29 is 13.6 Å². The minimum atomic E-state index is -0.863. The highest BCUT2D eigenvalue weighted by atomic mass is 35.5. The van der Waals surface area contributed by atoms with Crippen molar-refractivity contribution in [2.45, 2.75) is 6.92 Å². The van der Waals surface area contributed by atoms with Gasteiger partial charge in [-0.2, -0.15) is 0 Å². The maximum atomic E-state index is 13.7. The summed E-state index contributed by atoms with van der Waals surface area (Å²) in [6.45, 7) is 1.46. The van der Waals surface area contributed by atoms with Gasteiger partial charge in [0, 0.05) is 0 Å². The molecule has 1 heterocycles. The van der Waals surface area contributed by atoms with Gasteiger partial charge in [0.25, 0.3) is 5.91 Å². The third-order valence-electron chi connectivity index (χ3n) is 2.39. The van der Waals surface area contributed by atoms with Gasteiger partial charge in [-0.1, -0.05) is 17.7 Å². The number of carbonyl (C=O) groups excluding carboxylic acids is 1. The molecule has 0 bridgehead atoms. The summed E-state index contributed by atoms with van der Waals surface area (Å²) in [6.07, 6.45) is 0. The molecule has 1 aromatic carbocycles. The fourth-order valence-corrected chi connectivity index (χ4v) is 1.49. The van der Waals surface area contributed by atoms with Gasteiger partial charge in [-0.05, 0) is 30.7 Å². The van der Waals surface area contributed by atoms with Gasteiger partial charge in [-0.3, -0.25) is 4.79 Å². The Morgan fingerprint density at radius 3 is 2.58 bits per heavy atom. The summed E-state index contributed by atoms with van der Waals surface area (Å²) in [5.74, 6) is -2.46. The molecule has 0 unspecified atom stereocenters. The minimum Gasteiger partial charge on any atom is -0.316 e. The maximum Gasteiger partial charge on any atom is 0.276 e. The largest absolute Gasteiger partial charge is 0.316 e. The normalized spacial score (nSPS) is 10.3. The molecule has 1 amide bonds. The van der Waals surface area contributed by atoms with Gasteiger partial charge in [0.05, 0.1) is 0 Å². The van der Waals surface area contributed by atoms with Crippen LogP contribution in [0.25, 0.3) is 0 Å². The number of carbonyl (C=O) groups is 1. The van der Waals surface area contributed by atoms with Crippen molar-refractivity contribution in [3.63, 3.8) is 0 Å². The van der Waals surface area contributed by atoms with Gasteiger partial charge in [0.2, 0.25) is 0 Å². The Bertz CT molecular complexity index is 632. The lowest BCUT2D eigenvalue weighted by molar-refractivity contribution is 0.102. The number of nitrogens with zero attached hydrogens (tertiary/aromatic N) is 2. The number of halogens is 3. The van der Waals surface area contributed by atoms with Gasteiger partial charge >= 0.3 is 0 Å². The Balaban J connectivity index is 2.29. The number of amides is 1. The number of anilines is 1. The molecule has 19 heavy (non-hydrogen) atoms. The van der Waals surface area contributed by atoms with Gasteiger partial charge in [0.15, 0.2) is 16.7 Å². The molecular formula is C12H8ClF2N3O. The van der Waals surface area contributed by atoms with E-state index in [0.29, 0.717) is 0 Å². The molecule has 2 rings (SSSR count). The average Bonchev–Trinajstić information content (AvgIpc) is 2.40. The van der Waals surface area contributed by atoms with Gasteiger partial charge in [-0.15, -0.1) is 10.2 Å². The highest BCUT2D eigenvalue weighted by Crippen LogP contribution is 2.22. The van der Waals surface area contributed by atoms with Crippen LogP contribution in [0.5, 0.6) is 0 Å². The van der Waals surface area contributed by atoms with Crippen LogP contribution >= 0.6 is 11.6 Å². The van der Waals surface area contributed by atoms with Gasteiger partial charge in [0.1, 0.15) is 11.5 Å². The molecule has 98 valence electrons. The predicted molar refractivity (Wildman–Crippen MR) is 66.1 cm³/mol. The van der Waals surface area contributed by atoms with Crippen LogP contribution in [0.2, 0.25) is 5.15 Å². The Morgan fingerprint density at radius 1 is 1.21 bits per heavy atom. The predicted octanol–water partition coefficient (Wildman–Crippen LogP) is 2.97. The number of hydrogen-bond donors (Lipinski definition) is 1. The Hall–Kier alpha value is -2.08. The lowest BCUT2D eigenvalue weighted by atomic mass is 10.2. The number of hydrogen-bond acceptors (Lipinski definition) is 3. The van der Waals surface area contributed by atoms with Crippen LogP contribution in [-0.2, 0) is 0 Å². The topological polar surface area (TPSA) is 54.9 Å². The van der Waals surface area contributed by atoms with Crippen LogP contribution < -0.4 is 5.32 Å². The molecule has 0 atom stereocenters. The number of rotatable bonds is 2. The number of aryl methyl sites for hydroxylation is 1. The van der Waals surface area contributed by atoms with Crippen LogP contribution in [0.3, 0.4) is 0 Å². The monoisotopic (exact) mass is 283 g/mol. The van der Waals surface area contributed by atoms with E-state index >= 15 is 0 Å². The Kier molecular flexibility index (Phi) is 3.71. The van der Waals surface area contributed by atoms with E-state index < -0.39 is 23.2 Å². The number of aromatic nitrogens is 2. The van der Waals surface area contributed by atoms with Crippen molar-refractivity contribution in [1.82, 2.24) is 10.2 Å².